The standard InChI is InChI=1S/C50H88N2O16/c1-40(48(59)60)20-18-19-28-51-45(55)25-23-42(50(63)64)39-44(54)27-30-65-32-34-67-36-37-68-35-33-66-31-29-52-46(56)26-24-41(49(61)62)38-43(53)21-16-14-12-10-8-6-4-2-3-5-7-9-11-13-15-17-22-47(57)58/h40-42H,2-39H2,1H3,(H,51,55)(H,52,56)(H,57,58)(H,59,60)(H,61,62)(H,63,64)/t40-,41+,42+/m0/s1. The fraction of sp³-hybridized carbons (Fsp3) is 0.840. The van der Waals surface area contributed by atoms with Crippen LogP contribution < -0.4 is 10.6 Å². The molecule has 0 heterocycles. The minimum Gasteiger partial charge on any atom is -0.481 e. The number of carboxylic acids is 4. The lowest BCUT2D eigenvalue weighted by Gasteiger charge is -2.12. The van der Waals surface area contributed by atoms with Crippen LogP contribution in [0.2, 0.25) is 0 Å². The largest absolute Gasteiger partial charge is 0.481 e. The fourth-order valence-corrected chi connectivity index (χ4v) is 7.38. The van der Waals surface area contributed by atoms with Gasteiger partial charge in [0.25, 0.3) is 0 Å². The molecule has 0 aromatic carbocycles. The van der Waals surface area contributed by atoms with Gasteiger partial charge in [-0.05, 0) is 38.5 Å². The van der Waals surface area contributed by atoms with Crippen molar-refractivity contribution in [2.24, 2.45) is 17.8 Å². The van der Waals surface area contributed by atoms with E-state index in [0.29, 0.717) is 58.7 Å². The summed E-state index contributed by atoms with van der Waals surface area (Å²) >= 11 is 0. The first kappa shape index (κ1) is 64.0. The van der Waals surface area contributed by atoms with E-state index in [1.165, 1.54) is 57.8 Å². The summed E-state index contributed by atoms with van der Waals surface area (Å²) in [5.41, 5.74) is 0. The Morgan fingerprint density at radius 2 is 0.735 bits per heavy atom. The zero-order valence-electron chi connectivity index (χ0n) is 41.3. The molecule has 0 aromatic rings. The molecule has 0 bridgehead atoms. The van der Waals surface area contributed by atoms with Gasteiger partial charge in [-0.1, -0.05) is 103 Å². The Morgan fingerprint density at radius 3 is 1.15 bits per heavy atom. The van der Waals surface area contributed by atoms with Crippen LogP contribution in [0.25, 0.3) is 0 Å². The van der Waals surface area contributed by atoms with Crippen molar-refractivity contribution in [2.75, 3.05) is 65.9 Å². The molecular weight excluding hydrogens is 885 g/mol. The highest BCUT2D eigenvalue weighted by atomic mass is 16.6. The molecule has 0 fully saturated rings. The van der Waals surface area contributed by atoms with Gasteiger partial charge in [0.2, 0.25) is 11.8 Å². The Labute approximate surface area is 405 Å². The Kier molecular flexibility index (Phi) is 42.8. The van der Waals surface area contributed by atoms with Crippen molar-refractivity contribution >= 4 is 47.3 Å². The molecule has 18 heteroatoms. The van der Waals surface area contributed by atoms with Gasteiger partial charge in [-0.25, -0.2) is 0 Å². The highest BCUT2D eigenvalue weighted by Crippen LogP contribution is 2.18. The fourth-order valence-electron chi connectivity index (χ4n) is 7.38. The first-order chi connectivity index (χ1) is 32.7. The van der Waals surface area contributed by atoms with Crippen LogP contribution in [0.4, 0.5) is 0 Å². The molecule has 0 aliphatic heterocycles. The van der Waals surface area contributed by atoms with E-state index >= 15 is 0 Å². The smallest absolute Gasteiger partial charge is 0.306 e. The molecule has 394 valence electrons. The van der Waals surface area contributed by atoms with Crippen molar-refractivity contribution in [3.05, 3.63) is 0 Å². The first-order valence-electron chi connectivity index (χ1n) is 25.5. The molecule has 0 spiro atoms. The van der Waals surface area contributed by atoms with Gasteiger partial charge in [0.1, 0.15) is 11.6 Å². The van der Waals surface area contributed by atoms with Crippen LogP contribution in [0.1, 0.15) is 187 Å². The number of carbonyl (C=O) groups excluding carboxylic acids is 4. The summed E-state index contributed by atoms with van der Waals surface area (Å²) in [5.74, 6) is -7.04. The number of carboxylic acid groups (broad SMARTS) is 4. The SMILES string of the molecule is C[C@@H](CCCCNC(=O)CC[C@H](CC(=O)CCOCCOCCOCCOCCNC(=O)CC[C@H](CC(=O)CCCCCCCCCCCCCCCCCCC(=O)O)C(=O)O)C(=O)O)C(=O)O. The van der Waals surface area contributed by atoms with Gasteiger partial charge in [0.05, 0.1) is 70.6 Å². The monoisotopic (exact) mass is 973 g/mol. The Balaban J connectivity index is 3.73. The third-order valence-corrected chi connectivity index (χ3v) is 11.7. The number of aliphatic carboxylic acids is 4. The molecule has 0 aromatic heterocycles. The maximum Gasteiger partial charge on any atom is 0.306 e. The van der Waals surface area contributed by atoms with Gasteiger partial charge in [-0.15, -0.1) is 0 Å². The molecule has 6 N–H and O–H groups in total. The Bertz CT molecular complexity index is 1380. The lowest BCUT2D eigenvalue weighted by atomic mass is 9.94. The third kappa shape index (κ3) is 43.3. The van der Waals surface area contributed by atoms with Crippen LogP contribution >= 0.6 is 0 Å². The second-order valence-electron chi connectivity index (χ2n) is 17.8. The van der Waals surface area contributed by atoms with Crippen LogP contribution in [-0.4, -0.2) is 134 Å². The summed E-state index contributed by atoms with van der Waals surface area (Å²) in [6.45, 7) is 4.37. The lowest BCUT2D eigenvalue weighted by Crippen LogP contribution is -2.29. The minimum atomic E-state index is -1.14. The summed E-state index contributed by atoms with van der Waals surface area (Å²) in [6, 6.07) is 0. The predicted molar refractivity (Wildman–Crippen MR) is 255 cm³/mol. The second kappa shape index (κ2) is 45.4. The second-order valence-corrected chi connectivity index (χ2v) is 17.8. The summed E-state index contributed by atoms with van der Waals surface area (Å²) in [4.78, 5) is 93.9. The summed E-state index contributed by atoms with van der Waals surface area (Å²) in [5, 5.41) is 42.1. The number of amides is 2. The summed E-state index contributed by atoms with van der Waals surface area (Å²) in [7, 11) is 0. The molecule has 0 aliphatic carbocycles. The van der Waals surface area contributed by atoms with E-state index < -0.39 is 41.6 Å². The topological polar surface area (TPSA) is 278 Å². The number of unbranched alkanes of at least 4 members (excludes halogenated alkanes) is 16. The number of Topliss-reactive ketones (excluding diaryl/α,β-unsaturated/α-hetero) is 2. The van der Waals surface area contributed by atoms with Crippen molar-refractivity contribution in [3.63, 3.8) is 0 Å². The summed E-state index contributed by atoms with van der Waals surface area (Å²) in [6.07, 6.45) is 20.3. The zero-order valence-corrected chi connectivity index (χ0v) is 41.3. The molecule has 0 radical (unpaired) electrons. The Morgan fingerprint density at radius 1 is 0.368 bits per heavy atom. The quantitative estimate of drug-likeness (QED) is 0.0321. The molecule has 68 heavy (non-hydrogen) atoms. The average molecular weight is 973 g/mol. The van der Waals surface area contributed by atoms with Gasteiger partial charge in [-0.3, -0.25) is 38.4 Å². The van der Waals surface area contributed by atoms with Crippen molar-refractivity contribution in [2.45, 2.75) is 187 Å². The van der Waals surface area contributed by atoms with Gasteiger partial charge in [0, 0.05) is 58.0 Å². The number of hydrogen-bond acceptors (Lipinski definition) is 12. The molecule has 0 saturated carbocycles. The van der Waals surface area contributed by atoms with Crippen molar-refractivity contribution in [1.82, 2.24) is 10.6 Å². The number of ketones is 2. The van der Waals surface area contributed by atoms with Gasteiger partial charge in [0.15, 0.2) is 0 Å². The predicted octanol–water partition coefficient (Wildman–Crippen LogP) is 7.55. The molecule has 0 rings (SSSR count). The van der Waals surface area contributed by atoms with Gasteiger partial charge < -0.3 is 50.0 Å². The van der Waals surface area contributed by atoms with Crippen LogP contribution in [0, 0.1) is 17.8 Å². The molecule has 0 aliphatic rings. The van der Waals surface area contributed by atoms with Crippen LogP contribution in [0.3, 0.4) is 0 Å². The van der Waals surface area contributed by atoms with Crippen molar-refractivity contribution < 1.29 is 77.7 Å². The highest BCUT2D eigenvalue weighted by molar-refractivity contribution is 5.85. The Hall–Kier alpha value is -4.00. The van der Waals surface area contributed by atoms with Crippen molar-refractivity contribution in [3.8, 4) is 0 Å². The van der Waals surface area contributed by atoms with Crippen LogP contribution in [0.5, 0.6) is 0 Å². The molecule has 18 nitrogen and oxygen atoms in total. The normalized spacial score (nSPS) is 12.5. The zero-order chi connectivity index (χ0) is 50.5. The van der Waals surface area contributed by atoms with E-state index in [9.17, 15) is 48.6 Å². The van der Waals surface area contributed by atoms with E-state index in [4.69, 9.17) is 29.2 Å². The molecule has 2 amide bonds. The van der Waals surface area contributed by atoms with Crippen LogP contribution in [0.15, 0.2) is 0 Å². The number of rotatable bonds is 52. The number of nitrogens with one attached hydrogen (secondary N) is 2. The first-order valence-corrected chi connectivity index (χ1v) is 25.5. The highest BCUT2D eigenvalue weighted by Gasteiger charge is 2.23. The van der Waals surface area contributed by atoms with E-state index in [2.05, 4.69) is 10.6 Å². The molecule has 0 saturated heterocycles. The number of carbonyl (C=O) groups is 8. The third-order valence-electron chi connectivity index (χ3n) is 11.7. The van der Waals surface area contributed by atoms with Crippen LogP contribution in [-0.2, 0) is 57.3 Å². The van der Waals surface area contributed by atoms with E-state index in [1.54, 1.807) is 6.92 Å². The van der Waals surface area contributed by atoms with Gasteiger partial charge in [-0.2, -0.15) is 0 Å². The molecular formula is C50H88N2O16. The van der Waals surface area contributed by atoms with E-state index in [0.717, 1.165) is 44.9 Å². The lowest BCUT2D eigenvalue weighted by molar-refractivity contribution is -0.145. The van der Waals surface area contributed by atoms with E-state index in [1.807, 2.05) is 0 Å². The molecule has 3 atom stereocenters. The van der Waals surface area contributed by atoms with Crippen molar-refractivity contribution in [1.29, 1.82) is 0 Å². The average Bonchev–Trinajstić information content (AvgIpc) is 3.29. The number of ether oxygens (including phenoxy) is 4. The van der Waals surface area contributed by atoms with Gasteiger partial charge >= 0.3 is 23.9 Å². The molecule has 0 unspecified atom stereocenters. The maximum absolute atomic E-state index is 12.5. The minimum absolute atomic E-state index is 0.00653. The summed E-state index contributed by atoms with van der Waals surface area (Å²) < 4.78 is 21.8. The maximum atomic E-state index is 12.5. The number of hydrogen-bond donors (Lipinski definition) is 6. The van der Waals surface area contributed by atoms with E-state index in [-0.39, 0.29) is 108 Å².